The van der Waals surface area contributed by atoms with Gasteiger partial charge in [0, 0.05) is 12.0 Å². The van der Waals surface area contributed by atoms with Crippen LogP contribution in [0.2, 0.25) is 0 Å². The Labute approximate surface area is 226 Å². The van der Waals surface area contributed by atoms with Gasteiger partial charge in [-0.2, -0.15) is 0 Å². The Bertz CT molecular complexity index is 1080. The Kier molecular flexibility index (Phi) is 8.00. The molecule has 0 spiro atoms. The van der Waals surface area contributed by atoms with Crippen LogP contribution in [0, 0.1) is 5.92 Å². The summed E-state index contributed by atoms with van der Waals surface area (Å²) in [5, 5.41) is 6.24. The Balaban J connectivity index is 1.46. The second kappa shape index (κ2) is 10.8. The highest BCUT2D eigenvalue weighted by molar-refractivity contribution is 6.63. The lowest BCUT2D eigenvalue weighted by Crippen LogP contribution is -2.54. The van der Waals surface area contributed by atoms with Crippen LogP contribution in [-0.2, 0) is 18.8 Å². The number of alkyl carbamates (subject to hydrolysis) is 1. The summed E-state index contributed by atoms with van der Waals surface area (Å²) in [6.45, 7) is 13.1. The molecule has 4 rings (SSSR count). The van der Waals surface area contributed by atoms with E-state index in [1.54, 1.807) is 7.11 Å². The Morgan fingerprint density at radius 1 is 1.18 bits per heavy atom. The lowest BCUT2D eigenvalue weighted by atomic mass is 9.77. The first kappa shape index (κ1) is 28.2. The second-order valence-electron chi connectivity index (χ2n) is 11.6. The van der Waals surface area contributed by atoms with Crippen molar-refractivity contribution in [3.05, 3.63) is 23.8 Å². The number of carbonyl (C=O) groups is 2. The van der Waals surface area contributed by atoms with Crippen molar-refractivity contribution in [2.75, 3.05) is 27.3 Å². The number of hydrogen-bond acceptors (Lipinski definition) is 8. The quantitative estimate of drug-likeness (QED) is 0.523. The number of aliphatic imine (C=N–C) groups is 1. The van der Waals surface area contributed by atoms with Crippen molar-refractivity contribution in [3.8, 4) is 5.75 Å². The first-order valence-electron chi connectivity index (χ1n) is 13.4. The second-order valence-corrected chi connectivity index (χ2v) is 11.6. The molecular formula is C27H41BN4O6. The molecule has 38 heavy (non-hydrogen) atoms. The van der Waals surface area contributed by atoms with Crippen LogP contribution in [0.1, 0.15) is 66.0 Å². The number of carbonyl (C=O) groups excluding carboxylic acids is 2. The van der Waals surface area contributed by atoms with Crippen LogP contribution in [0.4, 0.5) is 4.79 Å². The summed E-state index contributed by atoms with van der Waals surface area (Å²) in [6, 6.07) is 5.19. The Morgan fingerprint density at radius 3 is 2.47 bits per heavy atom. The zero-order valence-corrected chi connectivity index (χ0v) is 23.8. The van der Waals surface area contributed by atoms with Gasteiger partial charge < -0.3 is 34.3 Å². The van der Waals surface area contributed by atoms with Crippen LogP contribution in [0.3, 0.4) is 0 Å². The minimum absolute atomic E-state index is 0.0436. The van der Waals surface area contributed by atoms with Crippen LogP contribution in [0.5, 0.6) is 5.75 Å². The molecule has 3 aliphatic rings. The van der Waals surface area contributed by atoms with E-state index in [1.165, 1.54) is 7.11 Å². The maximum absolute atomic E-state index is 13.4. The number of hydrogen-bond donors (Lipinski definition) is 2. The van der Waals surface area contributed by atoms with Crippen LogP contribution >= 0.6 is 0 Å². The van der Waals surface area contributed by atoms with Crippen LogP contribution in [0.25, 0.3) is 0 Å². The topological polar surface area (TPSA) is 111 Å². The number of rotatable bonds is 7. The van der Waals surface area contributed by atoms with Gasteiger partial charge in [-0.05, 0) is 58.1 Å². The van der Waals surface area contributed by atoms with E-state index < -0.39 is 30.5 Å². The molecule has 1 aromatic rings. The summed E-state index contributed by atoms with van der Waals surface area (Å²) in [5.74, 6) is 1.30. The first-order chi connectivity index (χ1) is 17.9. The van der Waals surface area contributed by atoms with Gasteiger partial charge in [-0.15, -0.1) is 0 Å². The molecule has 208 valence electrons. The van der Waals surface area contributed by atoms with Gasteiger partial charge in [0.1, 0.15) is 17.6 Å². The van der Waals surface area contributed by atoms with E-state index in [9.17, 15) is 9.59 Å². The number of nitrogens with one attached hydrogen (secondary N) is 2. The molecule has 0 aliphatic carbocycles. The summed E-state index contributed by atoms with van der Waals surface area (Å²) in [6.07, 6.45) is 1.08. The van der Waals surface area contributed by atoms with E-state index in [1.807, 2.05) is 64.6 Å². The maximum atomic E-state index is 13.4. The lowest BCUT2D eigenvalue weighted by molar-refractivity contribution is -0.134. The van der Waals surface area contributed by atoms with Crippen LogP contribution in [-0.4, -0.2) is 80.4 Å². The fourth-order valence-electron chi connectivity index (χ4n) is 5.15. The van der Waals surface area contributed by atoms with Crippen LogP contribution < -0.4 is 20.8 Å². The highest BCUT2D eigenvalue weighted by Crippen LogP contribution is 2.37. The standard InChI is InChI=1S/C27H41BN4O6/c1-16(2)22(31-25(34)36-8)24(33)32-13-9-10-20(32)23-29-15-19(30-23)17-11-12-18(21(14-17)35-7)28-37-26(3,4)27(5,6)38-28/h11-12,14,16,19-20,22H,9-10,13,15H2,1-8H3,(H,29,30)(H,31,34)/t19?,20-,22-/m0/s1. The average Bonchev–Trinajstić information content (AvgIpc) is 3.59. The molecule has 10 nitrogen and oxygen atoms in total. The number of amides is 2. The SMILES string of the molecule is COC(=O)N[C@H](C(=O)N1CCC[C@H]1C1=NCC(c2ccc(B3OC(C)(C)C(C)(C)O3)c(OC)c2)N1)C(C)C. The molecule has 2 saturated heterocycles. The van der Waals surface area contributed by atoms with Gasteiger partial charge >= 0.3 is 13.2 Å². The van der Waals surface area contributed by atoms with Crippen molar-refractivity contribution >= 4 is 30.4 Å². The molecule has 2 N–H and O–H groups in total. The molecule has 2 amide bonds. The van der Waals surface area contributed by atoms with Gasteiger partial charge in [-0.1, -0.05) is 26.0 Å². The molecule has 0 aromatic heterocycles. The minimum atomic E-state index is -0.660. The van der Waals surface area contributed by atoms with E-state index >= 15 is 0 Å². The molecule has 0 bridgehead atoms. The maximum Gasteiger partial charge on any atom is 0.498 e. The molecule has 11 heteroatoms. The van der Waals surface area contributed by atoms with Gasteiger partial charge in [0.2, 0.25) is 5.91 Å². The number of methoxy groups -OCH3 is 2. The van der Waals surface area contributed by atoms with Gasteiger partial charge in [0.25, 0.3) is 0 Å². The molecule has 3 atom stereocenters. The summed E-state index contributed by atoms with van der Waals surface area (Å²) >= 11 is 0. The Morgan fingerprint density at radius 2 is 1.87 bits per heavy atom. The molecule has 1 unspecified atom stereocenters. The normalized spacial score (nSPS) is 24.7. The largest absolute Gasteiger partial charge is 0.498 e. The van der Waals surface area contributed by atoms with Crippen molar-refractivity contribution in [1.82, 2.24) is 15.5 Å². The number of amidine groups is 1. The van der Waals surface area contributed by atoms with E-state index in [0.29, 0.717) is 18.8 Å². The third-order valence-electron chi connectivity index (χ3n) is 8.18. The molecule has 0 radical (unpaired) electrons. The number of ether oxygens (including phenoxy) is 2. The van der Waals surface area contributed by atoms with Gasteiger partial charge in [0.05, 0.1) is 44.1 Å². The molecule has 2 fully saturated rings. The van der Waals surface area contributed by atoms with Crippen molar-refractivity contribution in [3.63, 3.8) is 0 Å². The van der Waals surface area contributed by atoms with Gasteiger partial charge in [-0.3, -0.25) is 9.79 Å². The zero-order valence-electron chi connectivity index (χ0n) is 23.8. The van der Waals surface area contributed by atoms with Gasteiger partial charge in [-0.25, -0.2) is 4.79 Å². The number of nitrogens with zero attached hydrogens (tertiary/aromatic N) is 2. The minimum Gasteiger partial charge on any atom is -0.497 e. The van der Waals surface area contributed by atoms with E-state index in [4.69, 9.17) is 23.8 Å². The molecule has 0 saturated carbocycles. The third kappa shape index (κ3) is 5.36. The highest BCUT2D eigenvalue weighted by Gasteiger charge is 2.52. The average molecular weight is 528 g/mol. The van der Waals surface area contributed by atoms with E-state index in [2.05, 4.69) is 10.6 Å². The van der Waals surface area contributed by atoms with Crippen molar-refractivity contribution in [2.24, 2.45) is 10.9 Å². The van der Waals surface area contributed by atoms with Crippen LogP contribution in [0.15, 0.2) is 23.2 Å². The highest BCUT2D eigenvalue weighted by atomic mass is 16.7. The molecular weight excluding hydrogens is 487 g/mol. The third-order valence-corrected chi connectivity index (χ3v) is 8.18. The van der Waals surface area contributed by atoms with Crippen molar-refractivity contribution < 1.29 is 28.4 Å². The zero-order chi connectivity index (χ0) is 27.8. The summed E-state index contributed by atoms with van der Waals surface area (Å²) < 4.78 is 22.9. The predicted octanol–water partition coefficient (Wildman–Crippen LogP) is 2.41. The fraction of sp³-hybridized carbons (Fsp3) is 0.667. The van der Waals surface area contributed by atoms with Crippen molar-refractivity contribution in [2.45, 2.75) is 83.7 Å². The number of likely N-dealkylation sites (tertiary alicyclic amines) is 1. The lowest BCUT2D eigenvalue weighted by Gasteiger charge is -2.32. The summed E-state index contributed by atoms with van der Waals surface area (Å²) in [7, 11) is 2.43. The summed E-state index contributed by atoms with van der Waals surface area (Å²) in [5.41, 5.74) is 0.995. The monoisotopic (exact) mass is 528 g/mol. The van der Waals surface area contributed by atoms with E-state index in [-0.39, 0.29) is 23.9 Å². The molecule has 3 heterocycles. The van der Waals surface area contributed by atoms with Gasteiger partial charge in [0.15, 0.2) is 0 Å². The first-order valence-corrected chi connectivity index (χ1v) is 13.4. The number of benzene rings is 1. The Hall–Kier alpha value is -2.79. The van der Waals surface area contributed by atoms with Crippen molar-refractivity contribution in [1.29, 1.82) is 0 Å². The molecule has 3 aliphatic heterocycles. The fourth-order valence-corrected chi connectivity index (χ4v) is 5.15. The van der Waals surface area contributed by atoms with E-state index in [0.717, 1.165) is 29.7 Å². The summed E-state index contributed by atoms with van der Waals surface area (Å²) in [4.78, 5) is 31.9. The molecule has 1 aromatic carbocycles. The predicted molar refractivity (Wildman–Crippen MR) is 146 cm³/mol. The smallest absolute Gasteiger partial charge is 0.497 e.